The summed E-state index contributed by atoms with van der Waals surface area (Å²) in [6.07, 6.45) is 1.25. The van der Waals surface area contributed by atoms with E-state index in [0.29, 0.717) is 42.5 Å². The molecule has 326 valence electrons. The topological polar surface area (TPSA) is 321 Å². The molecular weight excluding hydrogens is 850 g/mol. The number of amides is 5. The van der Waals surface area contributed by atoms with Gasteiger partial charge in [0.2, 0.25) is 29.5 Å². The molecule has 0 saturated heterocycles. The lowest BCUT2D eigenvalue weighted by Gasteiger charge is -2.33. The van der Waals surface area contributed by atoms with Crippen LogP contribution in [0.1, 0.15) is 49.7 Å². The molecule has 17 N–H and O–H groups in total. The average Bonchev–Trinajstić information content (AvgIpc) is 3.12. The summed E-state index contributed by atoms with van der Waals surface area (Å²) in [6.45, 7) is 0.679. The van der Waals surface area contributed by atoms with E-state index in [9.17, 15) is 34.2 Å². The van der Waals surface area contributed by atoms with E-state index < -0.39 is 59.7 Å². The van der Waals surface area contributed by atoms with Crippen LogP contribution in [0.3, 0.4) is 0 Å². The number of carbonyl (C=O) groups excluding carboxylic acids is 5. The SMILES string of the molecule is Cl.Cl.Cl.Cl.Cl.NCCC[C@@H]1NC(=O)[C@@H](N)Cc2cc(ccc2O)-c2ccc(O)c(c2)C[C@@H](C(=O)NC(=O)[C@H](CCCN)N(CCN)C(=O)[C@@H](N)CCCN)NC1=O. The van der Waals surface area contributed by atoms with E-state index in [4.69, 9.17) is 34.4 Å². The van der Waals surface area contributed by atoms with Gasteiger partial charge >= 0.3 is 0 Å². The lowest BCUT2D eigenvalue weighted by molar-refractivity contribution is -0.144. The van der Waals surface area contributed by atoms with Crippen molar-refractivity contribution < 1.29 is 34.2 Å². The van der Waals surface area contributed by atoms with E-state index in [0.717, 1.165) is 0 Å². The maximum Gasteiger partial charge on any atom is 0.249 e. The minimum atomic E-state index is -1.45. The molecule has 1 aliphatic rings. The highest BCUT2D eigenvalue weighted by Gasteiger charge is 2.35. The van der Waals surface area contributed by atoms with Gasteiger partial charge in [0, 0.05) is 25.9 Å². The van der Waals surface area contributed by atoms with Gasteiger partial charge in [0.15, 0.2) is 0 Å². The van der Waals surface area contributed by atoms with Crippen molar-refractivity contribution in [2.45, 2.75) is 81.6 Å². The Morgan fingerprint density at radius 1 is 0.754 bits per heavy atom. The first-order chi connectivity index (χ1) is 24.8. The number of halogens is 5. The Labute approximate surface area is 363 Å². The van der Waals surface area contributed by atoms with Crippen molar-refractivity contribution in [1.29, 1.82) is 0 Å². The van der Waals surface area contributed by atoms with Crippen LogP contribution in [0.15, 0.2) is 36.4 Å². The minimum absolute atomic E-state index is 0. The van der Waals surface area contributed by atoms with Crippen LogP contribution in [0.25, 0.3) is 11.1 Å². The fourth-order valence-corrected chi connectivity index (χ4v) is 6.02. The monoisotopic (exact) mass is 906 g/mol. The number of nitrogens with one attached hydrogen (secondary N) is 3. The van der Waals surface area contributed by atoms with E-state index >= 15 is 0 Å². The second-order valence-electron chi connectivity index (χ2n) is 12.9. The second kappa shape index (κ2) is 29.1. The van der Waals surface area contributed by atoms with Crippen LogP contribution in [-0.2, 0) is 36.8 Å². The molecule has 1 aliphatic heterocycles. The van der Waals surface area contributed by atoms with Gasteiger partial charge in [-0.25, -0.2) is 0 Å². The molecule has 22 heteroatoms. The number of imide groups is 1. The summed E-state index contributed by atoms with van der Waals surface area (Å²) in [7, 11) is 0. The van der Waals surface area contributed by atoms with Crippen molar-refractivity contribution >= 4 is 91.6 Å². The number of rotatable bonds is 15. The smallest absolute Gasteiger partial charge is 0.249 e. The highest BCUT2D eigenvalue weighted by molar-refractivity contribution is 6.03. The van der Waals surface area contributed by atoms with Crippen LogP contribution >= 0.6 is 62.0 Å². The summed E-state index contributed by atoms with van der Waals surface area (Å²) >= 11 is 0. The predicted molar refractivity (Wildman–Crippen MR) is 231 cm³/mol. The van der Waals surface area contributed by atoms with Crippen LogP contribution in [0.4, 0.5) is 0 Å². The number of phenolic OH excluding ortho intramolecular Hbond substituents is 2. The van der Waals surface area contributed by atoms with E-state index in [1.165, 1.54) is 17.0 Å². The first kappa shape index (κ1) is 58.1. The highest BCUT2D eigenvalue weighted by Crippen LogP contribution is 2.31. The third-order valence-corrected chi connectivity index (χ3v) is 8.95. The first-order valence-corrected chi connectivity index (χ1v) is 17.6. The Hall–Kier alpha value is -3.20. The molecule has 3 rings (SSSR count). The van der Waals surface area contributed by atoms with Crippen molar-refractivity contribution in [2.24, 2.45) is 34.4 Å². The molecule has 2 aromatic rings. The lowest BCUT2D eigenvalue weighted by Crippen LogP contribution is -2.60. The molecule has 17 nitrogen and oxygen atoms in total. The molecule has 5 amide bonds. The van der Waals surface area contributed by atoms with E-state index in [1.807, 2.05) is 0 Å². The quantitative estimate of drug-likeness (QED) is 0.109. The van der Waals surface area contributed by atoms with Crippen molar-refractivity contribution in [3.05, 3.63) is 47.5 Å². The summed E-state index contributed by atoms with van der Waals surface area (Å²) in [5, 5.41) is 29.0. The standard InChI is InChI=1S/C35H54N10O7.5ClH/c36-11-1-4-24(40)35(52)45(15-14-39)28(6-3-13-38)34(51)44-33(50)27-19-23-17-21(8-10-30(23)47)20-7-9-29(46)22(16-20)18-25(41)31(48)42-26(5-2-12-37)32(49)43-27;;;;;/h7-10,16-17,24-28,46-47H,1-6,11-15,18-19,36-41H2,(H,42,48)(H,43,49)(H,44,50,51);5*1H/t24-,25-,26-,27-,28-;;;;;/m0...../s1. The van der Waals surface area contributed by atoms with Gasteiger partial charge in [0.05, 0.1) is 12.1 Å². The molecule has 0 saturated carbocycles. The number of carbonyl (C=O) groups is 5. The molecule has 0 unspecified atom stereocenters. The summed E-state index contributed by atoms with van der Waals surface area (Å²) < 4.78 is 0. The molecule has 4 bridgehead atoms. The summed E-state index contributed by atoms with van der Waals surface area (Å²) in [5.41, 5.74) is 37.1. The Morgan fingerprint density at radius 2 is 1.28 bits per heavy atom. The zero-order valence-electron chi connectivity index (χ0n) is 31.4. The normalized spacial score (nSPS) is 17.3. The largest absolute Gasteiger partial charge is 0.508 e. The summed E-state index contributed by atoms with van der Waals surface area (Å²) in [6, 6.07) is 3.50. The van der Waals surface area contributed by atoms with Crippen LogP contribution in [0.2, 0.25) is 0 Å². The fourth-order valence-electron chi connectivity index (χ4n) is 6.02. The van der Waals surface area contributed by atoms with E-state index in [2.05, 4.69) is 16.0 Å². The lowest BCUT2D eigenvalue weighted by atomic mass is 9.95. The van der Waals surface area contributed by atoms with Gasteiger partial charge in [-0.1, -0.05) is 12.1 Å². The third kappa shape index (κ3) is 16.9. The Balaban J connectivity index is -0.00000583. The number of hydrogen-bond donors (Lipinski definition) is 11. The zero-order valence-corrected chi connectivity index (χ0v) is 35.5. The van der Waals surface area contributed by atoms with Gasteiger partial charge in [0.25, 0.3) is 0 Å². The Kier molecular flexibility index (Phi) is 29.7. The zero-order chi connectivity index (χ0) is 38.4. The van der Waals surface area contributed by atoms with Crippen LogP contribution in [-0.4, -0.2) is 108 Å². The fraction of sp³-hybridized carbons (Fsp3) is 0.514. The summed E-state index contributed by atoms with van der Waals surface area (Å²) in [4.78, 5) is 69.5. The second-order valence-corrected chi connectivity index (χ2v) is 12.9. The van der Waals surface area contributed by atoms with Gasteiger partial charge in [-0.05, 0) is 105 Å². The number of fused-ring (bicyclic) bond motifs is 5. The van der Waals surface area contributed by atoms with Gasteiger partial charge in [-0.2, -0.15) is 0 Å². The molecule has 2 aromatic carbocycles. The van der Waals surface area contributed by atoms with Crippen LogP contribution in [0.5, 0.6) is 11.5 Å². The summed E-state index contributed by atoms with van der Waals surface area (Å²) in [5.74, 6) is -4.03. The first-order valence-electron chi connectivity index (χ1n) is 17.6. The van der Waals surface area contributed by atoms with E-state index in [1.54, 1.807) is 24.3 Å². The van der Waals surface area contributed by atoms with Crippen molar-refractivity contribution in [1.82, 2.24) is 20.9 Å². The molecule has 57 heavy (non-hydrogen) atoms. The van der Waals surface area contributed by atoms with Gasteiger partial charge < -0.3 is 60.1 Å². The Morgan fingerprint density at radius 3 is 1.81 bits per heavy atom. The maximum absolute atomic E-state index is 14.0. The number of nitrogens with zero attached hydrogens (tertiary/aromatic N) is 1. The molecule has 0 radical (unpaired) electrons. The highest BCUT2D eigenvalue weighted by atomic mass is 35.5. The molecule has 5 atom stereocenters. The average molecular weight is 909 g/mol. The molecule has 0 aromatic heterocycles. The number of hydrogen-bond acceptors (Lipinski definition) is 13. The van der Waals surface area contributed by atoms with Crippen LogP contribution < -0.4 is 50.4 Å². The van der Waals surface area contributed by atoms with Gasteiger partial charge in [0.1, 0.15) is 29.6 Å². The third-order valence-electron chi connectivity index (χ3n) is 8.95. The number of nitrogens with two attached hydrogens (primary N) is 6. The van der Waals surface area contributed by atoms with Crippen molar-refractivity contribution in [3.63, 3.8) is 0 Å². The number of benzene rings is 2. The molecule has 0 spiro atoms. The minimum Gasteiger partial charge on any atom is -0.508 e. The molecule has 1 heterocycles. The van der Waals surface area contributed by atoms with Crippen molar-refractivity contribution in [3.8, 4) is 22.6 Å². The Bertz CT molecular complexity index is 1580. The predicted octanol–water partition coefficient (Wildman–Crippen LogP) is -0.388. The maximum atomic E-state index is 14.0. The van der Waals surface area contributed by atoms with Gasteiger partial charge in [-0.3, -0.25) is 29.3 Å². The number of phenols is 2. The van der Waals surface area contributed by atoms with Crippen LogP contribution in [0, 0.1) is 0 Å². The number of aromatic hydroxyl groups is 2. The van der Waals surface area contributed by atoms with Gasteiger partial charge in [-0.15, -0.1) is 62.0 Å². The van der Waals surface area contributed by atoms with E-state index in [-0.39, 0.29) is 137 Å². The molecule has 0 fully saturated rings. The molecule has 0 aliphatic carbocycles. The molecular formula is C35H59Cl5N10O7. The van der Waals surface area contributed by atoms with Crippen molar-refractivity contribution in [2.75, 3.05) is 32.7 Å².